The van der Waals surface area contributed by atoms with Crippen molar-refractivity contribution in [3.63, 3.8) is 0 Å². The van der Waals surface area contributed by atoms with Gasteiger partial charge in [0, 0.05) is 5.41 Å². The number of hydrogen-bond acceptors (Lipinski definition) is 5. The van der Waals surface area contributed by atoms with Gasteiger partial charge in [0.15, 0.2) is 6.61 Å². The van der Waals surface area contributed by atoms with Crippen LogP contribution in [-0.4, -0.2) is 35.5 Å². The fourth-order valence-electron chi connectivity index (χ4n) is 3.81. The van der Waals surface area contributed by atoms with Gasteiger partial charge < -0.3 is 14.6 Å². The first-order chi connectivity index (χ1) is 15.1. The number of aryl methyl sites for hydroxylation is 1. The van der Waals surface area contributed by atoms with E-state index in [9.17, 15) is 9.90 Å². The SMILES string of the molecule is CCC(CC)(c1ccc(OCC(=O)NO)cc1)c1ccc(OCC(O)C(C)(C)C)c(C)c1. The summed E-state index contributed by atoms with van der Waals surface area (Å²) in [4.78, 5) is 11.2. The lowest BCUT2D eigenvalue weighted by molar-refractivity contribution is -0.131. The molecule has 0 fully saturated rings. The second-order valence-electron chi connectivity index (χ2n) is 9.31. The molecule has 0 aliphatic rings. The summed E-state index contributed by atoms with van der Waals surface area (Å²) in [6.45, 7) is 12.4. The summed E-state index contributed by atoms with van der Waals surface area (Å²) in [6, 6.07) is 14.0. The molecule has 0 saturated heterocycles. The Kier molecular flexibility index (Phi) is 8.70. The molecule has 6 nitrogen and oxygen atoms in total. The van der Waals surface area contributed by atoms with E-state index in [2.05, 4.69) is 26.0 Å². The Balaban J connectivity index is 2.25. The monoisotopic (exact) mass is 443 g/mol. The summed E-state index contributed by atoms with van der Waals surface area (Å²) in [5.41, 5.74) is 4.55. The number of amides is 1. The predicted molar refractivity (Wildman–Crippen MR) is 125 cm³/mol. The van der Waals surface area contributed by atoms with Gasteiger partial charge in [-0.3, -0.25) is 10.0 Å². The Morgan fingerprint density at radius 3 is 2.09 bits per heavy atom. The van der Waals surface area contributed by atoms with E-state index >= 15 is 0 Å². The minimum absolute atomic E-state index is 0.171. The van der Waals surface area contributed by atoms with Crippen LogP contribution in [0.1, 0.15) is 64.2 Å². The smallest absolute Gasteiger partial charge is 0.281 e. The minimum Gasteiger partial charge on any atom is -0.491 e. The molecule has 0 aliphatic heterocycles. The van der Waals surface area contributed by atoms with Crippen LogP contribution < -0.4 is 15.0 Å². The zero-order valence-corrected chi connectivity index (χ0v) is 20.1. The molecule has 0 radical (unpaired) electrons. The Morgan fingerprint density at radius 2 is 1.59 bits per heavy atom. The van der Waals surface area contributed by atoms with Crippen LogP contribution in [0.15, 0.2) is 42.5 Å². The third-order valence-corrected chi connectivity index (χ3v) is 6.23. The van der Waals surface area contributed by atoms with Gasteiger partial charge in [-0.05, 0) is 60.1 Å². The number of carbonyl (C=O) groups is 1. The normalized spacial score (nSPS) is 12.9. The maximum Gasteiger partial charge on any atom is 0.281 e. The summed E-state index contributed by atoms with van der Waals surface area (Å²) in [5, 5.41) is 18.9. The highest BCUT2D eigenvalue weighted by molar-refractivity contribution is 5.76. The molecule has 1 amide bonds. The van der Waals surface area contributed by atoms with Gasteiger partial charge in [-0.15, -0.1) is 0 Å². The number of carbonyl (C=O) groups excluding carboxylic acids is 1. The average molecular weight is 444 g/mol. The van der Waals surface area contributed by atoms with Crippen LogP contribution in [0.2, 0.25) is 0 Å². The summed E-state index contributed by atoms with van der Waals surface area (Å²) in [7, 11) is 0. The summed E-state index contributed by atoms with van der Waals surface area (Å²) in [5.74, 6) is 0.748. The van der Waals surface area contributed by atoms with Gasteiger partial charge >= 0.3 is 0 Å². The van der Waals surface area contributed by atoms with Gasteiger partial charge in [0.05, 0.1) is 6.10 Å². The minimum atomic E-state index is -0.599. The molecule has 32 heavy (non-hydrogen) atoms. The van der Waals surface area contributed by atoms with E-state index in [-0.39, 0.29) is 24.0 Å². The quantitative estimate of drug-likeness (QED) is 0.364. The van der Waals surface area contributed by atoms with Crippen molar-refractivity contribution in [3.8, 4) is 11.5 Å². The molecular formula is C26H37NO5. The standard InChI is InChI=1S/C26H37NO5/c1-7-26(8-2,19-9-12-21(13-10-19)31-17-24(29)27-30)20-11-14-22(18(3)15-20)32-16-23(28)25(4,5)6/h9-15,23,28,30H,7-8,16-17H2,1-6H3,(H,27,29). The van der Waals surface area contributed by atoms with Crippen LogP contribution in [-0.2, 0) is 10.2 Å². The lowest BCUT2D eigenvalue weighted by atomic mass is 9.70. The number of aliphatic hydroxyl groups excluding tert-OH is 1. The maximum absolute atomic E-state index is 11.2. The molecule has 0 aliphatic carbocycles. The second kappa shape index (κ2) is 10.8. The molecule has 3 N–H and O–H groups in total. The Morgan fingerprint density at radius 1 is 1.00 bits per heavy atom. The van der Waals surface area contributed by atoms with Crippen molar-refractivity contribution >= 4 is 5.91 Å². The van der Waals surface area contributed by atoms with Crippen molar-refractivity contribution in [2.45, 2.75) is 65.9 Å². The first-order valence-corrected chi connectivity index (χ1v) is 11.2. The van der Waals surface area contributed by atoms with Gasteiger partial charge in [0.1, 0.15) is 18.1 Å². The molecule has 6 heteroatoms. The number of ether oxygens (including phenoxy) is 2. The molecule has 2 aromatic rings. The van der Waals surface area contributed by atoms with Crippen molar-refractivity contribution < 1.29 is 24.6 Å². The molecule has 0 heterocycles. The van der Waals surface area contributed by atoms with Gasteiger partial charge in [0.25, 0.3) is 5.91 Å². The van der Waals surface area contributed by atoms with Crippen molar-refractivity contribution in [2.75, 3.05) is 13.2 Å². The number of nitrogens with one attached hydrogen (secondary N) is 1. The van der Waals surface area contributed by atoms with E-state index in [0.29, 0.717) is 5.75 Å². The van der Waals surface area contributed by atoms with Gasteiger partial charge in [-0.1, -0.05) is 58.9 Å². The molecule has 0 spiro atoms. The molecule has 0 saturated carbocycles. The Bertz CT molecular complexity index is 882. The number of rotatable bonds is 10. The Hall–Kier alpha value is -2.57. The fourth-order valence-corrected chi connectivity index (χ4v) is 3.81. The van der Waals surface area contributed by atoms with Crippen molar-refractivity contribution in [3.05, 3.63) is 59.2 Å². The first-order valence-electron chi connectivity index (χ1n) is 11.2. The van der Waals surface area contributed by atoms with E-state index in [1.54, 1.807) is 5.48 Å². The van der Waals surface area contributed by atoms with E-state index in [1.807, 2.05) is 58.0 Å². The summed E-state index contributed by atoms with van der Waals surface area (Å²) < 4.78 is 11.3. The van der Waals surface area contributed by atoms with E-state index in [4.69, 9.17) is 14.7 Å². The predicted octanol–water partition coefficient (Wildman–Crippen LogP) is 4.77. The highest BCUT2D eigenvalue weighted by Crippen LogP contribution is 2.40. The zero-order chi connectivity index (χ0) is 23.9. The van der Waals surface area contributed by atoms with E-state index in [1.165, 1.54) is 5.56 Å². The van der Waals surface area contributed by atoms with Crippen molar-refractivity contribution in [1.82, 2.24) is 5.48 Å². The van der Waals surface area contributed by atoms with Crippen molar-refractivity contribution in [1.29, 1.82) is 0 Å². The highest BCUT2D eigenvalue weighted by atomic mass is 16.5. The fraction of sp³-hybridized carbons (Fsp3) is 0.500. The zero-order valence-electron chi connectivity index (χ0n) is 20.1. The first kappa shape index (κ1) is 25.7. The van der Waals surface area contributed by atoms with Crippen LogP contribution >= 0.6 is 0 Å². The number of hydrogen-bond donors (Lipinski definition) is 3. The van der Waals surface area contributed by atoms with Gasteiger partial charge in [-0.2, -0.15) is 0 Å². The van der Waals surface area contributed by atoms with E-state index < -0.39 is 12.0 Å². The third-order valence-electron chi connectivity index (χ3n) is 6.23. The molecule has 2 rings (SSSR count). The molecule has 0 bridgehead atoms. The van der Waals surface area contributed by atoms with Crippen LogP contribution in [0.25, 0.3) is 0 Å². The molecule has 2 aromatic carbocycles. The Labute approximate surface area is 191 Å². The van der Waals surface area contributed by atoms with Crippen LogP contribution in [0, 0.1) is 12.3 Å². The highest BCUT2D eigenvalue weighted by Gasteiger charge is 2.31. The van der Waals surface area contributed by atoms with Crippen LogP contribution in [0.5, 0.6) is 11.5 Å². The summed E-state index contributed by atoms with van der Waals surface area (Å²) >= 11 is 0. The molecular weight excluding hydrogens is 406 g/mol. The summed E-state index contributed by atoms with van der Waals surface area (Å²) in [6.07, 6.45) is 1.29. The van der Waals surface area contributed by atoms with Gasteiger partial charge in [0.2, 0.25) is 0 Å². The maximum atomic E-state index is 11.2. The average Bonchev–Trinajstić information content (AvgIpc) is 2.78. The second-order valence-corrected chi connectivity index (χ2v) is 9.31. The van der Waals surface area contributed by atoms with Crippen LogP contribution in [0.4, 0.5) is 0 Å². The third kappa shape index (κ3) is 6.02. The van der Waals surface area contributed by atoms with Crippen LogP contribution in [0.3, 0.4) is 0 Å². The molecule has 1 unspecified atom stereocenters. The molecule has 1 atom stereocenters. The topological polar surface area (TPSA) is 88.0 Å². The lowest BCUT2D eigenvalue weighted by Gasteiger charge is -2.34. The van der Waals surface area contributed by atoms with Crippen molar-refractivity contribution in [2.24, 2.45) is 5.41 Å². The molecule has 176 valence electrons. The van der Waals surface area contributed by atoms with E-state index in [0.717, 1.165) is 29.7 Å². The van der Waals surface area contributed by atoms with Gasteiger partial charge in [-0.25, -0.2) is 5.48 Å². The number of aliphatic hydroxyl groups is 1. The lowest BCUT2D eigenvalue weighted by Crippen LogP contribution is -2.32. The largest absolute Gasteiger partial charge is 0.491 e. The number of hydroxylamine groups is 1. The number of benzene rings is 2. The molecule has 0 aromatic heterocycles.